The summed E-state index contributed by atoms with van der Waals surface area (Å²) in [6, 6.07) is 12.9. The number of halogens is 1. The highest BCUT2D eigenvalue weighted by Gasteiger charge is 2.22. The summed E-state index contributed by atoms with van der Waals surface area (Å²) in [6.07, 6.45) is 0. The molecule has 1 fully saturated rings. The van der Waals surface area contributed by atoms with E-state index in [1.807, 2.05) is 19.1 Å². The summed E-state index contributed by atoms with van der Waals surface area (Å²) in [5, 5.41) is 11.0. The van der Waals surface area contributed by atoms with Crippen LogP contribution in [0.1, 0.15) is 12.5 Å². The minimum Gasteiger partial charge on any atom is -0.369 e. The fourth-order valence-electron chi connectivity index (χ4n) is 3.49. The number of non-ortho nitro benzene ring substituents is 1. The number of likely N-dealkylation sites (N-methyl/N-ethyl adjacent to an activating group) is 1. The lowest BCUT2D eigenvalue weighted by Crippen LogP contribution is -2.50. The Labute approximate surface area is 169 Å². The zero-order chi connectivity index (χ0) is 20.8. The van der Waals surface area contributed by atoms with E-state index in [-0.39, 0.29) is 17.4 Å². The average molecular weight is 400 g/mol. The number of nitro groups is 1. The highest BCUT2D eigenvalue weighted by Crippen LogP contribution is 2.22. The number of carbonyl (C=O) groups excluding carboxylic acids is 1. The van der Waals surface area contributed by atoms with Crippen molar-refractivity contribution in [1.29, 1.82) is 0 Å². The van der Waals surface area contributed by atoms with Crippen LogP contribution in [0.15, 0.2) is 48.5 Å². The molecule has 8 heteroatoms. The first kappa shape index (κ1) is 20.7. The minimum absolute atomic E-state index is 0.0144. The van der Waals surface area contributed by atoms with Crippen molar-refractivity contribution < 1.29 is 14.1 Å². The van der Waals surface area contributed by atoms with E-state index in [0.29, 0.717) is 45.8 Å². The number of nitrogens with zero attached hydrogens (tertiary/aromatic N) is 4. The van der Waals surface area contributed by atoms with Crippen LogP contribution in [0.25, 0.3) is 0 Å². The van der Waals surface area contributed by atoms with Crippen molar-refractivity contribution in [3.05, 3.63) is 70.0 Å². The molecule has 1 aliphatic heterocycles. The van der Waals surface area contributed by atoms with Crippen LogP contribution in [0.4, 0.5) is 15.8 Å². The van der Waals surface area contributed by atoms with E-state index in [1.165, 1.54) is 18.2 Å². The average Bonchev–Trinajstić information content (AvgIpc) is 2.72. The third-order valence-corrected chi connectivity index (χ3v) is 5.13. The molecule has 0 spiro atoms. The number of rotatable bonds is 7. The molecule has 0 aliphatic carbocycles. The molecule has 0 N–H and O–H groups in total. The van der Waals surface area contributed by atoms with Gasteiger partial charge in [0.25, 0.3) is 5.69 Å². The lowest BCUT2D eigenvalue weighted by Gasteiger charge is -2.36. The molecule has 0 bridgehead atoms. The number of nitro benzene ring substituents is 1. The molecule has 1 heterocycles. The van der Waals surface area contributed by atoms with Gasteiger partial charge < -0.3 is 9.80 Å². The highest BCUT2D eigenvalue weighted by molar-refractivity contribution is 5.78. The summed E-state index contributed by atoms with van der Waals surface area (Å²) in [5.74, 6) is -0.288. The molecule has 7 nitrogen and oxygen atoms in total. The molecule has 3 rings (SSSR count). The summed E-state index contributed by atoms with van der Waals surface area (Å²) in [4.78, 5) is 29.2. The third kappa shape index (κ3) is 5.51. The summed E-state index contributed by atoms with van der Waals surface area (Å²) in [7, 11) is 0. The zero-order valence-electron chi connectivity index (χ0n) is 16.5. The molecule has 0 atom stereocenters. The predicted molar refractivity (Wildman–Crippen MR) is 109 cm³/mol. The minimum atomic E-state index is -0.393. The van der Waals surface area contributed by atoms with Gasteiger partial charge in [-0.25, -0.2) is 4.39 Å². The maximum Gasteiger partial charge on any atom is 0.271 e. The van der Waals surface area contributed by atoms with Crippen LogP contribution in [0, 0.1) is 15.9 Å². The van der Waals surface area contributed by atoms with Crippen molar-refractivity contribution in [2.24, 2.45) is 0 Å². The van der Waals surface area contributed by atoms with Crippen LogP contribution in [-0.2, 0) is 11.3 Å². The fraction of sp³-hybridized carbons (Fsp3) is 0.381. The molecule has 29 heavy (non-hydrogen) atoms. The molecule has 0 unspecified atom stereocenters. The van der Waals surface area contributed by atoms with E-state index in [9.17, 15) is 19.3 Å². The Hall–Kier alpha value is -3.00. The molecular weight excluding hydrogens is 375 g/mol. The van der Waals surface area contributed by atoms with Gasteiger partial charge in [-0.05, 0) is 30.7 Å². The van der Waals surface area contributed by atoms with Gasteiger partial charge in [-0.2, -0.15) is 0 Å². The first-order valence-corrected chi connectivity index (χ1v) is 9.70. The number of carbonyl (C=O) groups is 1. The zero-order valence-corrected chi connectivity index (χ0v) is 16.5. The summed E-state index contributed by atoms with van der Waals surface area (Å²) < 4.78 is 13.4. The Kier molecular flexibility index (Phi) is 6.77. The molecule has 2 aromatic carbocycles. The Morgan fingerprint density at radius 1 is 1.14 bits per heavy atom. The maximum absolute atomic E-state index is 13.4. The van der Waals surface area contributed by atoms with Crippen molar-refractivity contribution in [3.63, 3.8) is 0 Å². The lowest BCUT2D eigenvalue weighted by molar-refractivity contribution is -0.384. The standard InChI is InChI=1S/C21H25FN4O3/c1-2-24(15-17-5-3-6-18(22)13-17)21(27)16-23-9-11-25(12-10-23)19-7-4-8-20(14-19)26(28)29/h3-8,13-14H,2,9-12,15-16H2,1H3. The first-order chi connectivity index (χ1) is 14.0. The van der Waals surface area contributed by atoms with Gasteiger partial charge >= 0.3 is 0 Å². The van der Waals surface area contributed by atoms with Crippen LogP contribution in [-0.4, -0.2) is 59.9 Å². The Morgan fingerprint density at radius 3 is 2.52 bits per heavy atom. The summed E-state index contributed by atoms with van der Waals surface area (Å²) >= 11 is 0. The summed E-state index contributed by atoms with van der Waals surface area (Å²) in [6.45, 7) is 5.97. The van der Waals surface area contributed by atoms with Gasteiger partial charge in [0.1, 0.15) is 5.82 Å². The lowest BCUT2D eigenvalue weighted by atomic mass is 10.2. The second-order valence-electron chi connectivity index (χ2n) is 7.08. The molecule has 2 aromatic rings. The van der Waals surface area contributed by atoms with Gasteiger partial charge in [-0.3, -0.25) is 19.8 Å². The van der Waals surface area contributed by atoms with Crippen LogP contribution < -0.4 is 4.90 Å². The molecule has 154 valence electrons. The van der Waals surface area contributed by atoms with E-state index in [4.69, 9.17) is 0 Å². The van der Waals surface area contributed by atoms with Gasteiger partial charge in [0.15, 0.2) is 0 Å². The molecule has 1 saturated heterocycles. The number of piperazine rings is 1. The highest BCUT2D eigenvalue weighted by atomic mass is 19.1. The van der Waals surface area contributed by atoms with Crippen molar-refractivity contribution in [2.45, 2.75) is 13.5 Å². The van der Waals surface area contributed by atoms with Gasteiger partial charge in [-0.15, -0.1) is 0 Å². The number of hydrogen-bond donors (Lipinski definition) is 0. The monoisotopic (exact) mass is 400 g/mol. The van der Waals surface area contributed by atoms with Gasteiger partial charge in [0, 0.05) is 57.1 Å². The molecule has 1 aliphatic rings. The molecule has 0 radical (unpaired) electrons. The SMILES string of the molecule is CCN(Cc1cccc(F)c1)C(=O)CN1CCN(c2cccc([N+](=O)[O-])c2)CC1. The van der Waals surface area contributed by atoms with E-state index in [2.05, 4.69) is 9.80 Å². The first-order valence-electron chi connectivity index (χ1n) is 9.70. The molecule has 1 amide bonds. The molecule has 0 aromatic heterocycles. The second kappa shape index (κ2) is 9.47. The van der Waals surface area contributed by atoms with Crippen LogP contribution in [0.3, 0.4) is 0 Å². The van der Waals surface area contributed by atoms with E-state index < -0.39 is 4.92 Å². The fourth-order valence-corrected chi connectivity index (χ4v) is 3.49. The summed E-state index contributed by atoms with van der Waals surface area (Å²) in [5.41, 5.74) is 1.68. The Morgan fingerprint density at radius 2 is 1.86 bits per heavy atom. The molecular formula is C21H25FN4O3. The molecule has 0 saturated carbocycles. The van der Waals surface area contributed by atoms with E-state index in [1.54, 1.807) is 23.1 Å². The van der Waals surface area contributed by atoms with Crippen LogP contribution >= 0.6 is 0 Å². The third-order valence-electron chi connectivity index (χ3n) is 5.13. The van der Waals surface area contributed by atoms with Crippen LogP contribution in [0.2, 0.25) is 0 Å². The topological polar surface area (TPSA) is 69.9 Å². The predicted octanol–water partition coefficient (Wildman–Crippen LogP) is 2.90. The number of amides is 1. The quantitative estimate of drug-likeness (QED) is 0.528. The van der Waals surface area contributed by atoms with Gasteiger partial charge in [-0.1, -0.05) is 18.2 Å². The van der Waals surface area contributed by atoms with Crippen LogP contribution in [0.5, 0.6) is 0 Å². The second-order valence-corrected chi connectivity index (χ2v) is 7.08. The number of benzene rings is 2. The van der Waals surface area contributed by atoms with Crippen molar-refractivity contribution in [2.75, 3.05) is 44.2 Å². The normalized spacial score (nSPS) is 14.6. The Bertz CT molecular complexity index is 869. The smallest absolute Gasteiger partial charge is 0.271 e. The Balaban J connectivity index is 1.53. The van der Waals surface area contributed by atoms with Crippen molar-refractivity contribution in [3.8, 4) is 0 Å². The largest absolute Gasteiger partial charge is 0.369 e. The van der Waals surface area contributed by atoms with Gasteiger partial charge in [0.2, 0.25) is 5.91 Å². The van der Waals surface area contributed by atoms with Crippen molar-refractivity contribution in [1.82, 2.24) is 9.80 Å². The number of hydrogen-bond acceptors (Lipinski definition) is 5. The van der Waals surface area contributed by atoms with Crippen molar-refractivity contribution >= 4 is 17.3 Å². The van der Waals surface area contributed by atoms with Gasteiger partial charge in [0.05, 0.1) is 11.5 Å². The maximum atomic E-state index is 13.4. The number of anilines is 1. The van der Waals surface area contributed by atoms with E-state index >= 15 is 0 Å². The van der Waals surface area contributed by atoms with E-state index in [0.717, 1.165) is 11.3 Å².